The molecule has 4 heteroatoms. The fourth-order valence-electron chi connectivity index (χ4n) is 2.49. The SMILES string of the molecule is Cc1n[nH]c(C)c1C(=O)N1CCCC(C)CC1. The largest absolute Gasteiger partial charge is 0.339 e. The minimum absolute atomic E-state index is 0.142. The number of amides is 1. The first-order chi connectivity index (χ1) is 8.09. The monoisotopic (exact) mass is 235 g/mol. The van der Waals surface area contributed by atoms with E-state index in [1.807, 2.05) is 18.7 Å². The predicted octanol–water partition coefficient (Wildman–Crippen LogP) is 2.29. The van der Waals surface area contributed by atoms with Gasteiger partial charge in [0.25, 0.3) is 5.91 Å². The van der Waals surface area contributed by atoms with Gasteiger partial charge in [0.05, 0.1) is 11.3 Å². The lowest BCUT2D eigenvalue weighted by atomic mass is 10.0. The molecule has 2 rings (SSSR count). The minimum atomic E-state index is 0.142. The predicted molar refractivity (Wildman–Crippen MR) is 67.0 cm³/mol. The van der Waals surface area contributed by atoms with Crippen molar-refractivity contribution in [1.82, 2.24) is 15.1 Å². The van der Waals surface area contributed by atoms with Crippen molar-refractivity contribution < 1.29 is 4.79 Å². The van der Waals surface area contributed by atoms with Crippen LogP contribution in [0, 0.1) is 19.8 Å². The first-order valence-corrected chi connectivity index (χ1v) is 6.40. The van der Waals surface area contributed by atoms with Crippen LogP contribution in [0.5, 0.6) is 0 Å². The van der Waals surface area contributed by atoms with Gasteiger partial charge >= 0.3 is 0 Å². The number of aromatic nitrogens is 2. The summed E-state index contributed by atoms with van der Waals surface area (Å²) >= 11 is 0. The zero-order valence-corrected chi connectivity index (χ0v) is 10.9. The molecule has 1 aliphatic heterocycles. The molecule has 1 aromatic rings. The first kappa shape index (κ1) is 12.1. The average molecular weight is 235 g/mol. The molecule has 0 bridgehead atoms. The molecule has 94 valence electrons. The van der Waals surface area contributed by atoms with E-state index in [0.29, 0.717) is 0 Å². The Morgan fingerprint density at radius 3 is 2.76 bits per heavy atom. The molecule has 1 unspecified atom stereocenters. The number of carbonyl (C=O) groups excluding carboxylic acids is 1. The maximum atomic E-state index is 12.4. The van der Waals surface area contributed by atoms with Crippen molar-refractivity contribution in [2.24, 2.45) is 5.92 Å². The summed E-state index contributed by atoms with van der Waals surface area (Å²) in [5.41, 5.74) is 2.45. The van der Waals surface area contributed by atoms with Crippen molar-refractivity contribution in [3.8, 4) is 0 Å². The number of aryl methyl sites for hydroxylation is 2. The van der Waals surface area contributed by atoms with E-state index < -0.39 is 0 Å². The number of hydrogen-bond donors (Lipinski definition) is 1. The van der Waals surface area contributed by atoms with Crippen LogP contribution in [0.25, 0.3) is 0 Å². The van der Waals surface area contributed by atoms with Crippen LogP contribution < -0.4 is 0 Å². The van der Waals surface area contributed by atoms with Crippen LogP contribution in [0.1, 0.15) is 47.9 Å². The summed E-state index contributed by atoms with van der Waals surface area (Å²) in [6.07, 6.45) is 3.46. The van der Waals surface area contributed by atoms with Gasteiger partial charge in [-0.3, -0.25) is 9.89 Å². The molecule has 1 saturated heterocycles. The topological polar surface area (TPSA) is 49.0 Å². The van der Waals surface area contributed by atoms with Gasteiger partial charge in [-0.2, -0.15) is 5.10 Å². The van der Waals surface area contributed by atoms with Crippen molar-refractivity contribution >= 4 is 5.91 Å². The van der Waals surface area contributed by atoms with Crippen LogP contribution in [0.2, 0.25) is 0 Å². The smallest absolute Gasteiger partial charge is 0.257 e. The molecule has 1 atom stereocenters. The third-order valence-corrected chi connectivity index (χ3v) is 3.65. The molecule has 0 aromatic carbocycles. The second-order valence-electron chi connectivity index (χ2n) is 5.14. The number of nitrogens with zero attached hydrogens (tertiary/aromatic N) is 2. The molecule has 2 heterocycles. The van der Waals surface area contributed by atoms with Crippen molar-refractivity contribution in [1.29, 1.82) is 0 Å². The molecule has 1 aliphatic rings. The normalized spacial score (nSPS) is 21.4. The van der Waals surface area contributed by atoms with E-state index in [1.54, 1.807) is 0 Å². The fourth-order valence-corrected chi connectivity index (χ4v) is 2.49. The second-order valence-corrected chi connectivity index (χ2v) is 5.14. The summed E-state index contributed by atoms with van der Waals surface area (Å²) in [6, 6.07) is 0. The Balaban J connectivity index is 2.14. The number of carbonyl (C=O) groups is 1. The Bertz CT molecular complexity index is 391. The number of hydrogen-bond acceptors (Lipinski definition) is 2. The number of aromatic amines is 1. The lowest BCUT2D eigenvalue weighted by Gasteiger charge is -2.20. The Kier molecular flexibility index (Phi) is 3.50. The van der Waals surface area contributed by atoms with Gasteiger partial charge in [-0.1, -0.05) is 6.92 Å². The van der Waals surface area contributed by atoms with Crippen LogP contribution in [0.3, 0.4) is 0 Å². The molecular weight excluding hydrogens is 214 g/mol. The van der Waals surface area contributed by atoms with E-state index >= 15 is 0 Å². The maximum absolute atomic E-state index is 12.4. The maximum Gasteiger partial charge on any atom is 0.257 e. The Morgan fingerprint density at radius 2 is 2.12 bits per heavy atom. The zero-order chi connectivity index (χ0) is 12.4. The molecule has 0 spiro atoms. The zero-order valence-electron chi connectivity index (χ0n) is 10.9. The minimum Gasteiger partial charge on any atom is -0.339 e. The van der Waals surface area contributed by atoms with Gasteiger partial charge in [-0.05, 0) is 39.0 Å². The van der Waals surface area contributed by atoms with Gasteiger partial charge in [0.1, 0.15) is 0 Å². The molecule has 4 nitrogen and oxygen atoms in total. The molecule has 1 aromatic heterocycles. The lowest BCUT2D eigenvalue weighted by molar-refractivity contribution is 0.0759. The molecule has 0 aliphatic carbocycles. The Morgan fingerprint density at radius 1 is 1.35 bits per heavy atom. The second kappa shape index (κ2) is 4.90. The highest BCUT2D eigenvalue weighted by Gasteiger charge is 2.23. The van der Waals surface area contributed by atoms with Crippen molar-refractivity contribution in [3.63, 3.8) is 0 Å². The molecule has 0 radical (unpaired) electrons. The van der Waals surface area contributed by atoms with Gasteiger partial charge in [0, 0.05) is 18.8 Å². The van der Waals surface area contributed by atoms with Crippen LogP contribution in [0.4, 0.5) is 0 Å². The van der Waals surface area contributed by atoms with E-state index in [0.717, 1.165) is 48.8 Å². The Hall–Kier alpha value is -1.32. The van der Waals surface area contributed by atoms with Gasteiger partial charge in [0.2, 0.25) is 0 Å². The van der Waals surface area contributed by atoms with Crippen LogP contribution in [-0.4, -0.2) is 34.1 Å². The van der Waals surface area contributed by atoms with Crippen molar-refractivity contribution in [3.05, 3.63) is 17.0 Å². The summed E-state index contributed by atoms with van der Waals surface area (Å²) in [7, 11) is 0. The van der Waals surface area contributed by atoms with Gasteiger partial charge in [0.15, 0.2) is 0 Å². The molecule has 0 saturated carbocycles. The number of H-pyrrole nitrogens is 1. The molecule has 1 amide bonds. The number of rotatable bonds is 1. The van der Waals surface area contributed by atoms with E-state index in [9.17, 15) is 4.79 Å². The lowest BCUT2D eigenvalue weighted by Crippen LogP contribution is -2.32. The average Bonchev–Trinajstić information content (AvgIpc) is 2.51. The summed E-state index contributed by atoms with van der Waals surface area (Å²) in [4.78, 5) is 14.4. The van der Waals surface area contributed by atoms with E-state index in [1.165, 1.54) is 6.42 Å². The van der Waals surface area contributed by atoms with E-state index in [-0.39, 0.29) is 5.91 Å². The van der Waals surface area contributed by atoms with Crippen LogP contribution in [-0.2, 0) is 0 Å². The van der Waals surface area contributed by atoms with E-state index in [4.69, 9.17) is 0 Å². The van der Waals surface area contributed by atoms with Crippen LogP contribution in [0.15, 0.2) is 0 Å². The number of likely N-dealkylation sites (tertiary alicyclic amines) is 1. The fraction of sp³-hybridized carbons (Fsp3) is 0.692. The molecule has 1 N–H and O–H groups in total. The molecular formula is C13H21N3O. The van der Waals surface area contributed by atoms with Crippen molar-refractivity contribution in [2.45, 2.75) is 40.0 Å². The quantitative estimate of drug-likeness (QED) is 0.812. The molecule has 17 heavy (non-hydrogen) atoms. The molecule has 1 fully saturated rings. The van der Waals surface area contributed by atoms with Crippen LogP contribution >= 0.6 is 0 Å². The first-order valence-electron chi connectivity index (χ1n) is 6.40. The summed E-state index contributed by atoms with van der Waals surface area (Å²) in [5, 5.41) is 6.98. The number of nitrogens with one attached hydrogen (secondary N) is 1. The Labute approximate surface area is 102 Å². The van der Waals surface area contributed by atoms with E-state index in [2.05, 4.69) is 17.1 Å². The summed E-state index contributed by atoms with van der Waals surface area (Å²) in [6.45, 7) is 7.82. The highest BCUT2D eigenvalue weighted by molar-refractivity contribution is 5.96. The third kappa shape index (κ3) is 2.51. The third-order valence-electron chi connectivity index (χ3n) is 3.65. The highest BCUT2D eigenvalue weighted by Crippen LogP contribution is 2.20. The standard InChI is InChI=1S/C13H21N3O/c1-9-5-4-7-16(8-6-9)13(17)12-10(2)14-15-11(12)3/h9H,4-8H2,1-3H3,(H,14,15). The highest BCUT2D eigenvalue weighted by atomic mass is 16.2. The van der Waals surface area contributed by atoms with Gasteiger partial charge < -0.3 is 4.90 Å². The van der Waals surface area contributed by atoms with Crippen molar-refractivity contribution in [2.75, 3.05) is 13.1 Å². The van der Waals surface area contributed by atoms with Gasteiger partial charge in [-0.15, -0.1) is 0 Å². The van der Waals surface area contributed by atoms with Gasteiger partial charge in [-0.25, -0.2) is 0 Å². The summed E-state index contributed by atoms with van der Waals surface area (Å²) in [5.74, 6) is 0.877. The summed E-state index contributed by atoms with van der Waals surface area (Å²) < 4.78 is 0.